The van der Waals surface area contributed by atoms with Crippen LogP contribution in [0.25, 0.3) is 0 Å². The molecule has 0 fully saturated rings. The molecule has 0 saturated carbocycles. The Bertz CT molecular complexity index is 1020. The second-order valence-corrected chi connectivity index (χ2v) is 6.85. The van der Waals surface area contributed by atoms with Crippen molar-refractivity contribution in [2.75, 3.05) is 19.0 Å². The number of carbonyl (C=O) groups excluding carboxylic acids is 1. The first-order chi connectivity index (χ1) is 14.4. The van der Waals surface area contributed by atoms with E-state index in [1.165, 1.54) is 7.11 Å². The number of rotatable bonds is 7. The van der Waals surface area contributed by atoms with Gasteiger partial charge in [-0.2, -0.15) is 0 Å². The van der Waals surface area contributed by atoms with Gasteiger partial charge in [0.05, 0.1) is 24.4 Å². The summed E-state index contributed by atoms with van der Waals surface area (Å²) in [5.41, 5.74) is 2.07. The van der Waals surface area contributed by atoms with Gasteiger partial charge in [-0.15, -0.1) is 0 Å². The first-order valence-electron chi connectivity index (χ1n) is 9.07. The average Bonchev–Trinajstić information content (AvgIpc) is 2.72. The molecule has 1 aliphatic rings. The molecule has 1 amide bonds. The minimum atomic E-state index is -1.10. The third-order valence-corrected chi connectivity index (χ3v) is 4.67. The summed E-state index contributed by atoms with van der Waals surface area (Å²) in [6.45, 7) is 1.25. The Balaban J connectivity index is 1.98. The normalized spacial score (nSPS) is 15.7. The van der Waals surface area contributed by atoms with Crippen molar-refractivity contribution in [3.63, 3.8) is 0 Å². The molecule has 1 heterocycles. The number of carboxylic acid groups (broad SMARTS) is 1. The van der Waals surface area contributed by atoms with E-state index in [1.54, 1.807) is 55.5 Å². The highest BCUT2D eigenvalue weighted by atomic mass is 32.1. The molecular weight excluding hydrogens is 406 g/mol. The number of methoxy groups -OCH3 is 1. The van der Waals surface area contributed by atoms with E-state index in [0.717, 1.165) is 0 Å². The maximum absolute atomic E-state index is 13.2. The van der Waals surface area contributed by atoms with E-state index in [2.05, 4.69) is 16.0 Å². The zero-order chi connectivity index (χ0) is 21.7. The van der Waals surface area contributed by atoms with Crippen LogP contribution < -0.4 is 25.4 Å². The molecule has 8 nitrogen and oxygen atoms in total. The van der Waals surface area contributed by atoms with Crippen LogP contribution >= 0.6 is 12.2 Å². The number of aliphatic carboxylic acids is 1. The summed E-state index contributed by atoms with van der Waals surface area (Å²) >= 11 is 5.28. The van der Waals surface area contributed by atoms with Crippen molar-refractivity contribution in [1.29, 1.82) is 0 Å². The molecule has 2 aromatic carbocycles. The molecule has 3 rings (SSSR count). The second kappa shape index (κ2) is 9.27. The number of benzene rings is 2. The molecule has 9 heteroatoms. The predicted molar refractivity (Wildman–Crippen MR) is 116 cm³/mol. The molecule has 156 valence electrons. The monoisotopic (exact) mass is 427 g/mol. The molecular formula is C21H21N3O5S. The molecule has 1 aliphatic heterocycles. The number of carboxylic acids is 1. The van der Waals surface area contributed by atoms with Crippen LogP contribution in [-0.2, 0) is 9.59 Å². The van der Waals surface area contributed by atoms with Gasteiger partial charge in [0, 0.05) is 11.3 Å². The van der Waals surface area contributed by atoms with E-state index in [1.807, 2.05) is 0 Å². The van der Waals surface area contributed by atoms with E-state index in [0.29, 0.717) is 39.1 Å². The Morgan fingerprint density at radius 3 is 2.50 bits per heavy atom. The molecule has 0 unspecified atom stereocenters. The molecule has 30 heavy (non-hydrogen) atoms. The Hall–Kier alpha value is -3.59. The van der Waals surface area contributed by atoms with Crippen molar-refractivity contribution >= 4 is 34.9 Å². The highest BCUT2D eigenvalue weighted by Crippen LogP contribution is 2.34. The van der Waals surface area contributed by atoms with Gasteiger partial charge in [-0.25, -0.2) is 4.79 Å². The van der Waals surface area contributed by atoms with Crippen LogP contribution in [0.4, 0.5) is 5.69 Å². The maximum Gasteiger partial charge on any atom is 0.341 e. The summed E-state index contributed by atoms with van der Waals surface area (Å²) in [7, 11) is 1.52. The SMILES string of the molecule is COc1ccccc1NC(=O)C1=C(C)NC(=S)N[C@H]1c1ccccc1OCC(=O)O. The lowest BCUT2D eigenvalue weighted by Crippen LogP contribution is -2.45. The summed E-state index contributed by atoms with van der Waals surface area (Å²) < 4.78 is 10.7. The van der Waals surface area contributed by atoms with Gasteiger partial charge in [-0.05, 0) is 37.3 Å². The van der Waals surface area contributed by atoms with E-state index >= 15 is 0 Å². The van der Waals surface area contributed by atoms with Gasteiger partial charge < -0.3 is 30.5 Å². The van der Waals surface area contributed by atoms with Gasteiger partial charge in [0.1, 0.15) is 11.5 Å². The van der Waals surface area contributed by atoms with Crippen LogP contribution in [0, 0.1) is 0 Å². The van der Waals surface area contributed by atoms with Gasteiger partial charge in [-0.1, -0.05) is 30.3 Å². The predicted octanol–water partition coefficient (Wildman–Crippen LogP) is 2.59. The molecule has 1 atom stereocenters. The van der Waals surface area contributed by atoms with Crippen LogP contribution in [-0.4, -0.2) is 35.8 Å². The summed E-state index contributed by atoms with van der Waals surface area (Å²) in [4.78, 5) is 24.2. The zero-order valence-electron chi connectivity index (χ0n) is 16.4. The molecule has 2 aromatic rings. The van der Waals surface area contributed by atoms with Crippen LogP contribution in [0.3, 0.4) is 0 Å². The highest BCUT2D eigenvalue weighted by molar-refractivity contribution is 7.80. The Kier molecular flexibility index (Phi) is 6.53. The summed E-state index contributed by atoms with van der Waals surface area (Å²) in [5, 5.41) is 18.2. The number of para-hydroxylation sites is 3. The minimum Gasteiger partial charge on any atom is -0.495 e. The van der Waals surface area contributed by atoms with Crippen molar-refractivity contribution in [2.45, 2.75) is 13.0 Å². The Morgan fingerprint density at radius 2 is 1.80 bits per heavy atom. The number of allylic oxidation sites excluding steroid dienone is 1. The second-order valence-electron chi connectivity index (χ2n) is 6.44. The molecule has 0 aliphatic carbocycles. The molecule has 0 bridgehead atoms. The minimum absolute atomic E-state index is 0.345. The number of hydrogen-bond acceptors (Lipinski definition) is 5. The number of anilines is 1. The van der Waals surface area contributed by atoms with Gasteiger partial charge >= 0.3 is 5.97 Å². The molecule has 0 radical (unpaired) electrons. The lowest BCUT2D eigenvalue weighted by Gasteiger charge is -2.31. The molecule has 0 saturated heterocycles. The van der Waals surface area contributed by atoms with E-state index in [9.17, 15) is 9.59 Å². The topological polar surface area (TPSA) is 109 Å². The fourth-order valence-corrected chi connectivity index (χ4v) is 3.43. The number of thiocarbonyl (C=S) groups is 1. The van der Waals surface area contributed by atoms with E-state index < -0.39 is 18.6 Å². The lowest BCUT2D eigenvalue weighted by molar-refractivity contribution is -0.139. The maximum atomic E-state index is 13.2. The zero-order valence-corrected chi connectivity index (χ0v) is 17.2. The first-order valence-corrected chi connectivity index (χ1v) is 9.47. The highest BCUT2D eigenvalue weighted by Gasteiger charge is 2.32. The van der Waals surface area contributed by atoms with Crippen molar-refractivity contribution in [2.24, 2.45) is 0 Å². The van der Waals surface area contributed by atoms with Crippen LogP contribution in [0.2, 0.25) is 0 Å². The standard InChI is InChI=1S/C21H21N3O5S/c1-12-18(20(27)23-14-8-4-6-10-16(14)28-2)19(24-21(30)22-12)13-7-3-5-9-15(13)29-11-17(25)26/h3-10,19H,11H2,1-2H3,(H,23,27)(H,25,26)(H2,22,24,30)/t19-/m0/s1. The van der Waals surface area contributed by atoms with E-state index in [-0.39, 0.29) is 5.91 Å². The number of hydrogen-bond donors (Lipinski definition) is 4. The smallest absolute Gasteiger partial charge is 0.341 e. The fourth-order valence-electron chi connectivity index (χ4n) is 3.16. The third-order valence-electron chi connectivity index (χ3n) is 4.45. The Morgan fingerprint density at radius 1 is 1.13 bits per heavy atom. The van der Waals surface area contributed by atoms with Crippen LogP contribution in [0.15, 0.2) is 59.8 Å². The number of nitrogens with one attached hydrogen (secondary N) is 3. The van der Waals surface area contributed by atoms with Crippen LogP contribution in [0.1, 0.15) is 18.5 Å². The Labute approximate surface area is 178 Å². The largest absolute Gasteiger partial charge is 0.495 e. The lowest BCUT2D eigenvalue weighted by atomic mass is 9.94. The van der Waals surface area contributed by atoms with Gasteiger partial charge in [0.2, 0.25) is 0 Å². The molecule has 0 spiro atoms. The van der Waals surface area contributed by atoms with Crippen molar-refractivity contribution < 1.29 is 24.2 Å². The fraction of sp³-hybridized carbons (Fsp3) is 0.190. The quantitative estimate of drug-likeness (QED) is 0.500. The van der Waals surface area contributed by atoms with Gasteiger partial charge in [-0.3, -0.25) is 4.79 Å². The first kappa shape index (κ1) is 21.1. The number of carbonyl (C=O) groups is 2. The summed E-state index contributed by atoms with van der Waals surface area (Å²) in [6.07, 6.45) is 0. The average molecular weight is 427 g/mol. The molecule has 4 N–H and O–H groups in total. The summed E-state index contributed by atoms with van der Waals surface area (Å²) in [5.74, 6) is -0.590. The van der Waals surface area contributed by atoms with Gasteiger partial charge in [0.25, 0.3) is 5.91 Å². The van der Waals surface area contributed by atoms with E-state index in [4.69, 9.17) is 26.8 Å². The number of amides is 1. The van der Waals surface area contributed by atoms with Crippen molar-refractivity contribution in [3.05, 3.63) is 65.4 Å². The third kappa shape index (κ3) is 4.69. The number of ether oxygens (including phenoxy) is 2. The van der Waals surface area contributed by atoms with Gasteiger partial charge in [0.15, 0.2) is 11.7 Å². The van der Waals surface area contributed by atoms with Crippen LogP contribution in [0.5, 0.6) is 11.5 Å². The molecule has 0 aromatic heterocycles. The van der Waals surface area contributed by atoms with Crippen molar-refractivity contribution in [1.82, 2.24) is 10.6 Å². The summed E-state index contributed by atoms with van der Waals surface area (Å²) in [6, 6.07) is 13.3. The van der Waals surface area contributed by atoms with Crippen molar-refractivity contribution in [3.8, 4) is 11.5 Å².